The highest BCUT2D eigenvalue weighted by Crippen LogP contribution is 2.15. The van der Waals surface area contributed by atoms with Gasteiger partial charge in [-0.15, -0.1) is 0 Å². The number of benzene rings is 2. The monoisotopic (exact) mass is 471 g/mol. The fourth-order valence-corrected chi connectivity index (χ4v) is 3.33. The predicted octanol–water partition coefficient (Wildman–Crippen LogP) is 4.83. The topological polar surface area (TPSA) is 85.3 Å². The first-order valence-corrected chi connectivity index (χ1v) is 11.9. The van der Waals surface area contributed by atoms with E-state index in [1.807, 2.05) is 42.5 Å². The average Bonchev–Trinajstić information content (AvgIpc) is 2.82. The first kappa shape index (κ1) is 27.2. The molecule has 186 valence electrons. The Labute approximate surface area is 202 Å². The molecular weight excluding hydrogens is 434 g/mol. The molecular formula is C27H37NO6. The van der Waals surface area contributed by atoms with Crippen molar-refractivity contribution in [3.63, 3.8) is 0 Å². The summed E-state index contributed by atoms with van der Waals surface area (Å²) >= 11 is 0. The maximum Gasteiger partial charge on any atom is 0.409 e. The zero-order valence-electron chi connectivity index (χ0n) is 20.4. The molecule has 0 aliphatic carbocycles. The molecule has 0 spiro atoms. The Hall–Kier alpha value is -3.06. The van der Waals surface area contributed by atoms with Gasteiger partial charge in [0.1, 0.15) is 12.4 Å². The van der Waals surface area contributed by atoms with Gasteiger partial charge in [-0.1, -0.05) is 56.3 Å². The Morgan fingerprint density at radius 3 is 2.26 bits per heavy atom. The molecule has 0 radical (unpaired) electrons. The van der Waals surface area contributed by atoms with Gasteiger partial charge in [-0.3, -0.25) is 0 Å². The van der Waals surface area contributed by atoms with Crippen LogP contribution in [0, 0.1) is 5.92 Å². The van der Waals surface area contributed by atoms with Gasteiger partial charge in [-0.25, -0.2) is 9.59 Å². The summed E-state index contributed by atoms with van der Waals surface area (Å²) in [5.74, 6) is 0.159. The maximum atomic E-state index is 12.6. The predicted molar refractivity (Wildman–Crippen MR) is 131 cm³/mol. The highest BCUT2D eigenvalue weighted by molar-refractivity contribution is 5.72. The van der Waals surface area contributed by atoms with E-state index >= 15 is 0 Å². The molecule has 0 heterocycles. The van der Waals surface area contributed by atoms with E-state index in [1.54, 1.807) is 24.0 Å². The van der Waals surface area contributed by atoms with E-state index in [4.69, 9.17) is 14.2 Å². The van der Waals surface area contributed by atoms with Gasteiger partial charge in [0.2, 0.25) is 0 Å². The third-order valence-corrected chi connectivity index (χ3v) is 5.31. The van der Waals surface area contributed by atoms with Crippen molar-refractivity contribution in [1.82, 2.24) is 4.90 Å². The molecule has 0 fully saturated rings. The van der Waals surface area contributed by atoms with Crippen LogP contribution in [0.2, 0.25) is 0 Å². The van der Waals surface area contributed by atoms with Gasteiger partial charge in [-0.2, -0.15) is 0 Å². The smallest absolute Gasteiger partial charge is 0.409 e. The molecule has 0 aliphatic heterocycles. The van der Waals surface area contributed by atoms with Crippen LogP contribution in [-0.2, 0) is 27.1 Å². The van der Waals surface area contributed by atoms with Crippen LogP contribution in [0.4, 0.5) is 4.79 Å². The Morgan fingerprint density at radius 1 is 0.941 bits per heavy atom. The summed E-state index contributed by atoms with van der Waals surface area (Å²) in [6, 6.07) is 17.2. The molecule has 0 saturated heterocycles. The third-order valence-electron chi connectivity index (χ3n) is 5.31. The lowest BCUT2D eigenvalue weighted by Gasteiger charge is -2.23. The van der Waals surface area contributed by atoms with E-state index in [-0.39, 0.29) is 6.09 Å². The highest BCUT2D eigenvalue weighted by Gasteiger charge is 2.18. The molecule has 1 N–H and O–H groups in total. The highest BCUT2D eigenvalue weighted by atomic mass is 16.6. The van der Waals surface area contributed by atoms with Gasteiger partial charge >= 0.3 is 12.1 Å². The van der Waals surface area contributed by atoms with Crippen LogP contribution in [0.1, 0.15) is 38.3 Å². The van der Waals surface area contributed by atoms with E-state index in [1.165, 1.54) is 0 Å². The van der Waals surface area contributed by atoms with Crippen molar-refractivity contribution in [2.24, 2.45) is 5.92 Å². The lowest BCUT2D eigenvalue weighted by molar-refractivity contribution is -0.149. The molecule has 0 saturated carbocycles. The van der Waals surface area contributed by atoms with Crippen molar-refractivity contribution in [2.45, 2.75) is 46.1 Å². The van der Waals surface area contributed by atoms with E-state index in [9.17, 15) is 14.7 Å². The number of aliphatic carboxylic acids is 1. The lowest BCUT2D eigenvalue weighted by Crippen LogP contribution is -2.36. The Kier molecular flexibility index (Phi) is 12.0. The molecule has 1 atom stereocenters. The minimum Gasteiger partial charge on any atom is -0.492 e. The third kappa shape index (κ3) is 10.3. The van der Waals surface area contributed by atoms with Crippen LogP contribution < -0.4 is 4.74 Å². The maximum absolute atomic E-state index is 12.6. The number of amides is 1. The van der Waals surface area contributed by atoms with Gasteiger partial charge < -0.3 is 24.2 Å². The molecule has 2 aromatic carbocycles. The summed E-state index contributed by atoms with van der Waals surface area (Å²) < 4.78 is 16.6. The van der Waals surface area contributed by atoms with Crippen molar-refractivity contribution in [2.75, 3.05) is 32.9 Å². The van der Waals surface area contributed by atoms with Crippen molar-refractivity contribution in [1.29, 1.82) is 0 Å². The number of carbonyl (C=O) groups excluding carboxylic acids is 1. The lowest BCUT2D eigenvalue weighted by atomic mass is 10.1. The quantitative estimate of drug-likeness (QED) is 0.401. The summed E-state index contributed by atoms with van der Waals surface area (Å²) in [6.45, 7) is 8.07. The largest absolute Gasteiger partial charge is 0.492 e. The Morgan fingerprint density at radius 2 is 1.65 bits per heavy atom. The number of hydrogen-bond donors (Lipinski definition) is 1. The Bertz CT molecular complexity index is 853. The minimum atomic E-state index is -0.973. The summed E-state index contributed by atoms with van der Waals surface area (Å²) in [7, 11) is 0. The van der Waals surface area contributed by atoms with Crippen molar-refractivity contribution in [3.8, 4) is 5.75 Å². The number of carbonyl (C=O) groups is 2. The number of rotatable bonds is 15. The van der Waals surface area contributed by atoms with Gasteiger partial charge in [0.15, 0.2) is 6.10 Å². The summed E-state index contributed by atoms with van der Waals surface area (Å²) in [5, 5.41) is 9.23. The number of nitrogens with zero attached hydrogens (tertiary/aromatic N) is 1. The standard InChI is InChI=1S/C27H37NO6/c1-4-32-25(26(29)30)20-23-10-12-24(13-11-23)33-19-17-28(16-14-21(2)3)27(31)34-18-15-22-8-6-5-7-9-22/h5-13,21,25H,4,14-20H2,1-3H3,(H,29,30). The minimum absolute atomic E-state index is 0.293. The summed E-state index contributed by atoms with van der Waals surface area (Å²) in [5.41, 5.74) is 1.99. The van der Waals surface area contributed by atoms with Crippen LogP contribution in [0.5, 0.6) is 5.75 Å². The SMILES string of the molecule is CCOC(Cc1ccc(OCCN(CCC(C)C)C(=O)OCCc2ccccc2)cc1)C(=O)O. The van der Waals surface area contributed by atoms with Gasteiger partial charge in [0.05, 0.1) is 13.2 Å². The molecule has 0 aromatic heterocycles. The average molecular weight is 472 g/mol. The zero-order valence-corrected chi connectivity index (χ0v) is 20.4. The molecule has 1 unspecified atom stereocenters. The van der Waals surface area contributed by atoms with Crippen molar-refractivity contribution >= 4 is 12.1 Å². The fraction of sp³-hybridized carbons (Fsp3) is 0.481. The Balaban J connectivity index is 1.83. The summed E-state index contributed by atoms with van der Waals surface area (Å²) in [4.78, 5) is 25.6. The molecule has 0 bridgehead atoms. The van der Waals surface area contributed by atoms with Gasteiger partial charge in [0.25, 0.3) is 0 Å². The van der Waals surface area contributed by atoms with Crippen molar-refractivity contribution in [3.05, 3.63) is 65.7 Å². The molecule has 7 heteroatoms. The number of carboxylic acid groups (broad SMARTS) is 1. The fourth-order valence-electron chi connectivity index (χ4n) is 3.33. The van der Waals surface area contributed by atoms with Crippen LogP contribution in [0.25, 0.3) is 0 Å². The molecule has 34 heavy (non-hydrogen) atoms. The molecule has 0 aliphatic rings. The molecule has 2 aromatic rings. The van der Waals surface area contributed by atoms with Crippen LogP contribution in [0.15, 0.2) is 54.6 Å². The van der Waals surface area contributed by atoms with E-state index in [0.29, 0.717) is 57.4 Å². The van der Waals surface area contributed by atoms with Crippen LogP contribution >= 0.6 is 0 Å². The van der Waals surface area contributed by atoms with E-state index in [2.05, 4.69) is 13.8 Å². The number of carboxylic acids is 1. The summed E-state index contributed by atoms with van der Waals surface area (Å²) in [6.07, 6.45) is 0.665. The number of ether oxygens (including phenoxy) is 3. The van der Waals surface area contributed by atoms with E-state index in [0.717, 1.165) is 17.5 Å². The normalized spacial score (nSPS) is 11.8. The van der Waals surface area contributed by atoms with Gasteiger partial charge in [-0.05, 0) is 42.5 Å². The second-order valence-corrected chi connectivity index (χ2v) is 8.50. The molecule has 7 nitrogen and oxygen atoms in total. The first-order chi connectivity index (χ1) is 16.4. The molecule has 2 rings (SSSR count). The van der Waals surface area contributed by atoms with Gasteiger partial charge in [0, 0.05) is 26.0 Å². The molecule has 1 amide bonds. The second-order valence-electron chi connectivity index (χ2n) is 8.50. The number of hydrogen-bond acceptors (Lipinski definition) is 5. The van der Waals surface area contributed by atoms with Crippen LogP contribution in [-0.4, -0.2) is 61.1 Å². The second kappa shape index (κ2) is 15.0. The van der Waals surface area contributed by atoms with E-state index < -0.39 is 12.1 Å². The zero-order chi connectivity index (χ0) is 24.8. The first-order valence-electron chi connectivity index (χ1n) is 11.9. The van der Waals surface area contributed by atoms with Crippen molar-refractivity contribution < 1.29 is 28.9 Å². The van der Waals surface area contributed by atoms with Crippen LogP contribution in [0.3, 0.4) is 0 Å².